The molecule has 0 bridgehead atoms. The van der Waals surface area contributed by atoms with Crippen molar-refractivity contribution in [2.24, 2.45) is 0 Å². The normalized spacial score (nSPS) is 21.9. The first-order chi connectivity index (χ1) is 6.84. The summed E-state index contributed by atoms with van der Waals surface area (Å²) in [6, 6.07) is 3.68. The first-order valence-corrected chi connectivity index (χ1v) is 4.87. The van der Waals surface area contributed by atoms with Gasteiger partial charge >= 0.3 is 0 Å². The average molecular weight is 194 g/mol. The summed E-state index contributed by atoms with van der Waals surface area (Å²) in [5.41, 5.74) is 0.871. The second-order valence-electron chi connectivity index (χ2n) is 3.50. The summed E-state index contributed by atoms with van der Waals surface area (Å²) < 4.78 is 5.34. The van der Waals surface area contributed by atoms with Crippen LogP contribution in [0.1, 0.15) is 12.8 Å². The number of ether oxygens (including phenoxy) is 1. The van der Waals surface area contributed by atoms with Crippen molar-refractivity contribution in [1.29, 1.82) is 0 Å². The molecular formula is C10H14N2O2. The van der Waals surface area contributed by atoms with E-state index in [-0.39, 0.29) is 5.56 Å². The van der Waals surface area contributed by atoms with E-state index in [1.54, 1.807) is 12.3 Å². The lowest BCUT2D eigenvalue weighted by Crippen LogP contribution is -2.30. The third kappa shape index (κ3) is 2.35. The predicted octanol–water partition coefficient (Wildman–Crippen LogP) is 0.966. The number of nitrogens with one attached hydrogen (secondary N) is 2. The molecule has 0 radical (unpaired) electrons. The summed E-state index contributed by atoms with van der Waals surface area (Å²) in [7, 11) is 0. The summed E-state index contributed by atoms with van der Waals surface area (Å²) >= 11 is 0. The molecule has 76 valence electrons. The van der Waals surface area contributed by atoms with E-state index >= 15 is 0 Å². The highest BCUT2D eigenvalue weighted by molar-refractivity contribution is 5.40. The Balaban J connectivity index is 1.96. The molecule has 0 amide bonds. The summed E-state index contributed by atoms with van der Waals surface area (Å²) in [5.74, 6) is 0. The van der Waals surface area contributed by atoms with Crippen LogP contribution in [0, 0.1) is 0 Å². The van der Waals surface area contributed by atoms with Gasteiger partial charge in [-0.2, -0.15) is 0 Å². The highest BCUT2D eigenvalue weighted by Crippen LogP contribution is 2.11. The number of rotatable bonds is 2. The fraction of sp³-hybridized carbons (Fsp3) is 0.500. The van der Waals surface area contributed by atoms with Gasteiger partial charge in [-0.15, -0.1) is 0 Å². The Morgan fingerprint density at radius 1 is 1.50 bits per heavy atom. The van der Waals surface area contributed by atoms with Crippen molar-refractivity contribution in [1.82, 2.24) is 4.98 Å². The van der Waals surface area contributed by atoms with Gasteiger partial charge in [0.05, 0.1) is 12.3 Å². The third-order valence-electron chi connectivity index (χ3n) is 2.32. The molecular weight excluding hydrogens is 180 g/mol. The Morgan fingerprint density at radius 2 is 2.43 bits per heavy atom. The van der Waals surface area contributed by atoms with Crippen LogP contribution in [0.25, 0.3) is 0 Å². The molecule has 0 aliphatic carbocycles. The van der Waals surface area contributed by atoms with E-state index < -0.39 is 0 Å². The minimum atomic E-state index is -0.0737. The zero-order valence-electron chi connectivity index (χ0n) is 7.95. The number of hydrogen-bond donors (Lipinski definition) is 2. The Kier molecular flexibility index (Phi) is 2.84. The predicted molar refractivity (Wildman–Crippen MR) is 54.5 cm³/mol. The van der Waals surface area contributed by atoms with Crippen LogP contribution in [0.3, 0.4) is 0 Å². The quantitative estimate of drug-likeness (QED) is 0.737. The Bertz CT molecular complexity index is 322. The van der Waals surface area contributed by atoms with Gasteiger partial charge in [-0.1, -0.05) is 0 Å². The van der Waals surface area contributed by atoms with Crippen LogP contribution in [0.2, 0.25) is 0 Å². The maximum absolute atomic E-state index is 10.8. The van der Waals surface area contributed by atoms with E-state index in [9.17, 15) is 4.79 Å². The first-order valence-electron chi connectivity index (χ1n) is 4.87. The number of H-pyrrole nitrogens is 1. The van der Waals surface area contributed by atoms with E-state index in [1.807, 2.05) is 0 Å². The number of pyridine rings is 1. The molecule has 4 heteroatoms. The Hall–Kier alpha value is -1.29. The van der Waals surface area contributed by atoms with Crippen LogP contribution in [0.4, 0.5) is 5.69 Å². The first kappa shape index (κ1) is 9.27. The average Bonchev–Trinajstić information content (AvgIpc) is 2.23. The SMILES string of the molecule is O=c1ccc(NC2CCCOC2)c[nH]1. The van der Waals surface area contributed by atoms with E-state index in [2.05, 4.69) is 10.3 Å². The van der Waals surface area contributed by atoms with Gasteiger partial charge in [-0.25, -0.2) is 0 Å². The van der Waals surface area contributed by atoms with Crippen LogP contribution in [0.15, 0.2) is 23.1 Å². The fourth-order valence-corrected chi connectivity index (χ4v) is 1.59. The lowest BCUT2D eigenvalue weighted by atomic mass is 10.1. The summed E-state index contributed by atoms with van der Waals surface area (Å²) in [6.07, 6.45) is 3.91. The maximum atomic E-state index is 10.8. The summed E-state index contributed by atoms with van der Waals surface area (Å²) in [4.78, 5) is 13.4. The number of aromatic amines is 1. The van der Waals surface area contributed by atoms with Gasteiger partial charge in [0.1, 0.15) is 0 Å². The van der Waals surface area contributed by atoms with Crippen LogP contribution < -0.4 is 10.9 Å². The van der Waals surface area contributed by atoms with Gasteiger partial charge in [0.25, 0.3) is 0 Å². The molecule has 0 spiro atoms. The third-order valence-corrected chi connectivity index (χ3v) is 2.32. The molecule has 0 saturated carbocycles. The zero-order chi connectivity index (χ0) is 9.80. The van der Waals surface area contributed by atoms with Crippen molar-refractivity contribution in [2.45, 2.75) is 18.9 Å². The molecule has 1 aliphatic heterocycles. The van der Waals surface area contributed by atoms with Crippen LogP contribution >= 0.6 is 0 Å². The van der Waals surface area contributed by atoms with E-state index in [4.69, 9.17) is 4.74 Å². The molecule has 2 rings (SSSR count). The van der Waals surface area contributed by atoms with Crippen molar-refractivity contribution < 1.29 is 4.74 Å². The molecule has 1 saturated heterocycles. The van der Waals surface area contributed by atoms with Crippen molar-refractivity contribution >= 4 is 5.69 Å². The Morgan fingerprint density at radius 3 is 3.07 bits per heavy atom. The number of aromatic nitrogens is 1. The summed E-state index contributed by atoms with van der Waals surface area (Å²) in [6.45, 7) is 1.61. The number of anilines is 1. The lowest BCUT2D eigenvalue weighted by Gasteiger charge is -2.23. The molecule has 4 nitrogen and oxygen atoms in total. The van der Waals surface area contributed by atoms with Crippen LogP contribution in [-0.4, -0.2) is 24.2 Å². The van der Waals surface area contributed by atoms with Crippen molar-refractivity contribution in [3.63, 3.8) is 0 Å². The van der Waals surface area contributed by atoms with Crippen molar-refractivity contribution in [3.8, 4) is 0 Å². The van der Waals surface area contributed by atoms with Crippen molar-refractivity contribution in [3.05, 3.63) is 28.7 Å². The highest BCUT2D eigenvalue weighted by atomic mass is 16.5. The maximum Gasteiger partial charge on any atom is 0.248 e. The molecule has 1 fully saturated rings. The molecule has 2 N–H and O–H groups in total. The molecule has 14 heavy (non-hydrogen) atoms. The summed E-state index contributed by atoms with van der Waals surface area (Å²) in [5, 5.41) is 3.31. The number of hydrogen-bond acceptors (Lipinski definition) is 3. The van der Waals surface area contributed by atoms with Gasteiger partial charge in [0.15, 0.2) is 0 Å². The van der Waals surface area contributed by atoms with Gasteiger partial charge in [-0.3, -0.25) is 4.79 Å². The highest BCUT2D eigenvalue weighted by Gasteiger charge is 2.12. The van der Waals surface area contributed by atoms with E-state index in [0.29, 0.717) is 6.04 Å². The Labute approximate surface area is 82.3 Å². The van der Waals surface area contributed by atoms with Gasteiger partial charge in [0.2, 0.25) is 5.56 Å². The largest absolute Gasteiger partial charge is 0.379 e. The molecule has 2 heterocycles. The van der Waals surface area contributed by atoms with E-state index in [1.165, 1.54) is 6.07 Å². The second kappa shape index (κ2) is 4.28. The fourth-order valence-electron chi connectivity index (χ4n) is 1.59. The van der Waals surface area contributed by atoms with Crippen LogP contribution in [0.5, 0.6) is 0 Å². The molecule has 1 aromatic heterocycles. The molecule has 1 aliphatic rings. The minimum Gasteiger partial charge on any atom is -0.379 e. The van der Waals surface area contributed by atoms with Gasteiger partial charge < -0.3 is 15.0 Å². The smallest absolute Gasteiger partial charge is 0.248 e. The minimum absolute atomic E-state index is 0.0737. The van der Waals surface area contributed by atoms with Crippen LogP contribution in [-0.2, 0) is 4.74 Å². The second-order valence-corrected chi connectivity index (χ2v) is 3.50. The molecule has 1 unspecified atom stereocenters. The van der Waals surface area contributed by atoms with Gasteiger partial charge in [0, 0.05) is 24.9 Å². The molecule has 1 atom stereocenters. The van der Waals surface area contributed by atoms with Crippen molar-refractivity contribution in [2.75, 3.05) is 18.5 Å². The topological polar surface area (TPSA) is 54.1 Å². The van der Waals surface area contributed by atoms with Gasteiger partial charge in [-0.05, 0) is 18.9 Å². The lowest BCUT2D eigenvalue weighted by molar-refractivity contribution is 0.0876. The molecule has 1 aromatic rings. The van der Waals surface area contributed by atoms with E-state index in [0.717, 1.165) is 31.7 Å². The standard InChI is InChI=1S/C10H14N2O2/c13-10-4-3-8(6-11-10)12-9-2-1-5-14-7-9/h3-4,6,9,12H,1-2,5,7H2,(H,11,13). The zero-order valence-corrected chi connectivity index (χ0v) is 7.95. The molecule has 0 aromatic carbocycles. The monoisotopic (exact) mass is 194 g/mol.